The molecular weight excluding hydrogens is 471 g/mol. The van der Waals surface area contributed by atoms with E-state index < -0.39 is 11.7 Å². The van der Waals surface area contributed by atoms with Crippen molar-refractivity contribution in [2.24, 2.45) is 5.73 Å². The van der Waals surface area contributed by atoms with E-state index in [1.165, 1.54) is 6.07 Å². The zero-order valence-electron chi connectivity index (χ0n) is 20.0. The van der Waals surface area contributed by atoms with Crippen LogP contribution in [0.1, 0.15) is 47.1 Å². The molecule has 1 saturated heterocycles. The van der Waals surface area contributed by atoms with Crippen LogP contribution in [0.5, 0.6) is 0 Å². The first-order valence-electron chi connectivity index (χ1n) is 11.7. The molecule has 2 heterocycles. The van der Waals surface area contributed by atoms with Crippen molar-refractivity contribution in [1.29, 1.82) is 0 Å². The molecule has 3 N–H and O–H groups in total. The molecule has 10 heteroatoms. The Morgan fingerprint density at radius 1 is 1.22 bits per heavy atom. The smallest absolute Gasteiger partial charge is 0.375 e. The summed E-state index contributed by atoms with van der Waals surface area (Å²) < 4.78 is 45.2. The fourth-order valence-electron chi connectivity index (χ4n) is 4.13. The number of aromatic nitrogens is 2. The molecule has 7 nitrogen and oxygen atoms in total. The molecule has 0 aliphatic carbocycles. The molecule has 1 unspecified atom stereocenters. The van der Waals surface area contributed by atoms with E-state index in [4.69, 9.17) is 10.5 Å². The SMILES string of the molecule is CC1CN(c2nccc(C(=O)N[C@H](C)c3ccc(-c4cc(C(F)(F)F)ccc4CN)cc3)n2)CCO1. The van der Waals surface area contributed by atoms with Gasteiger partial charge in [0.1, 0.15) is 5.69 Å². The number of halogens is 3. The van der Waals surface area contributed by atoms with Crippen molar-refractivity contribution in [3.8, 4) is 11.1 Å². The summed E-state index contributed by atoms with van der Waals surface area (Å²) >= 11 is 0. The maximum Gasteiger partial charge on any atom is 0.416 e. The van der Waals surface area contributed by atoms with Crippen molar-refractivity contribution >= 4 is 11.9 Å². The minimum Gasteiger partial charge on any atom is -0.375 e. The molecule has 1 aliphatic heterocycles. The first-order valence-corrected chi connectivity index (χ1v) is 11.7. The van der Waals surface area contributed by atoms with Gasteiger partial charge in [0.2, 0.25) is 5.95 Å². The third kappa shape index (κ3) is 5.83. The molecule has 2 atom stereocenters. The molecular formula is C26H28F3N5O2. The molecule has 3 aromatic rings. The zero-order chi connectivity index (χ0) is 25.9. The number of ether oxygens (including phenoxy) is 1. The summed E-state index contributed by atoms with van der Waals surface area (Å²) in [6.45, 7) is 5.78. The number of amides is 1. The highest BCUT2D eigenvalue weighted by atomic mass is 19.4. The third-order valence-electron chi connectivity index (χ3n) is 6.13. The van der Waals surface area contributed by atoms with Gasteiger partial charge in [0, 0.05) is 25.8 Å². The highest BCUT2D eigenvalue weighted by Crippen LogP contribution is 2.34. The van der Waals surface area contributed by atoms with Crippen molar-refractivity contribution in [1.82, 2.24) is 15.3 Å². The summed E-state index contributed by atoms with van der Waals surface area (Å²) in [6, 6.07) is 11.8. The van der Waals surface area contributed by atoms with E-state index in [-0.39, 0.29) is 30.3 Å². The van der Waals surface area contributed by atoms with Crippen LogP contribution in [-0.4, -0.2) is 41.7 Å². The predicted molar refractivity (Wildman–Crippen MR) is 130 cm³/mol. The number of hydrogen-bond acceptors (Lipinski definition) is 6. The molecule has 36 heavy (non-hydrogen) atoms. The van der Waals surface area contributed by atoms with Gasteiger partial charge in [0.05, 0.1) is 24.3 Å². The summed E-state index contributed by atoms with van der Waals surface area (Å²) in [6.07, 6.45) is -2.83. The lowest BCUT2D eigenvalue weighted by Crippen LogP contribution is -2.42. The molecule has 1 amide bonds. The molecule has 0 spiro atoms. The molecule has 0 radical (unpaired) electrons. The summed E-state index contributed by atoms with van der Waals surface area (Å²) in [5, 5.41) is 2.92. The first-order chi connectivity index (χ1) is 17.2. The Hall–Kier alpha value is -3.50. The average Bonchev–Trinajstić information content (AvgIpc) is 2.88. The van der Waals surface area contributed by atoms with Crippen molar-refractivity contribution in [3.05, 3.63) is 77.1 Å². The van der Waals surface area contributed by atoms with Gasteiger partial charge in [-0.05, 0) is 54.3 Å². The lowest BCUT2D eigenvalue weighted by Gasteiger charge is -2.31. The molecule has 0 saturated carbocycles. The minimum atomic E-state index is -4.44. The Bertz CT molecular complexity index is 1220. The topological polar surface area (TPSA) is 93.4 Å². The zero-order valence-corrected chi connectivity index (χ0v) is 20.0. The molecule has 1 aliphatic rings. The number of anilines is 1. The number of alkyl halides is 3. The third-order valence-corrected chi connectivity index (χ3v) is 6.13. The van der Waals surface area contributed by atoms with Crippen molar-refractivity contribution < 1.29 is 22.7 Å². The number of benzene rings is 2. The van der Waals surface area contributed by atoms with Crippen LogP contribution in [0.25, 0.3) is 11.1 Å². The number of carbonyl (C=O) groups excluding carboxylic acids is 1. The highest BCUT2D eigenvalue weighted by molar-refractivity contribution is 5.92. The average molecular weight is 500 g/mol. The molecule has 0 bridgehead atoms. The Balaban J connectivity index is 1.48. The summed E-state index contributed by atoms with van der Waals surface area (Å²) in [5.41, 5.74) is 7.73. The van der Waals surface area contributed by atoms with Gasteiger partial charge in [-0.25, -0.2) is 9.97 Å². The van der Waals surface area contributed by atoms with Crippen LogP contribution in [0.15, 0.2) is 54.7 Å². The number of nitrogens with two attached hydrogens (primary N) is 1. The second kappa shape index (κ2) is 10.6. The summed E-state index contributed by atoms with van der Waals surface area (Å²) in [4.78, 5) is 23.6. The molecule has 2 aromatic carbocycles. The van der Waals surface area contributed by atoms with Crippen LogP contribution in [0, 0.1) is 0 Å². The highest BCUT2D eigenvalue weighted by Gasteiger charge is 2.31. The Morgan fingerprint density at radius 3 is 2.64 bits per heavy atom. The van der Waals surface area contributed by atoms with Gasteiger partial charge in [-0.15, -0.1) is 0 Å². The van der Waals surface area contributed by atoms with Gasteiger partial charge in [-0.1, -0.05) is 30.3 Å². The number of hydrogen-bond donors (Lipinski definition) is 2. The summed E-state index contributed by atoms with van der Waals surface area (Å²) in [7, 11) is 0. The maximum atomic E-state index is 13.2. The van der Waals surface area contributed by atoms with Crippen LogP contribution in [0.2, 0.25) is 0 Å². The van der Waals surface area contributed by atoms with E-state index in [1.807, 2.05) is 18.7 Å². The largest absolute Gasteiger partial charge is 0.416 e. The standard InChI is InChI=1S/C26H28F3N5O2/c1-16-15-34(11-12-36-16)25-31-10-9-23(33-25)24(35)32-17(2)18-3-5-19(6-4-18)22-13-21(26(27,28)29)8-7-20(22)14-30/h3-10,13,16-17H,11-12,14-15,30H2,1-2H3,(H,32,35)/t16?,17-/m1/s1. The Morgan fingerprint density at radius 2 is 1.97 bits per heavy atom. The van der Waals surface area contributed by atoms with Gasteiger partial charge in [0.15, 0.2) is 0 Å². The van der Waals surface area contributed by atoms with E-state index in [2.05, 4.69) is 15.3 Å². The second-order valence-corrected chi connectivity index (χ2v) is 8.76. The van der Waals surface area contributed by atoms with Crippen LogP contribution in [0.4, 0.5) is 19.1 Å². The first kappa shape index (κ1) is 25.6. The minimum absolute atomic E-state index is 0.0553. The van der Waals surface area contributed by atoms with E-state index >= 15 is 0 Å². The quantitative estimate of drug-likeness (QED) is 0.524. The normalized spacial score (nSPS) is 17.1. The van der Waals surface area contributed by atoms with Crippen molar-refractivity contribution in [2.45, 2.75) is 38.7 Å². The second-order valence-electron chi connectivity index (χ2n) is 8.76. The summed E-state index contributed by atoms with van der Waals surface area (Å²) in [5.74, 6) is 0.131. The molecule has 190 valence electrons. The van der Waals surface area contributed by atoms with Crippen LogP contribution in [0.3, 0.4) is 0 Å². The lowest BCUT2D eigenvalue weighted by molar-refractivity contribution is -0.137. The van der Waals surface area contributed by atoms with Crippen LogP contribution in [-0.2, 0) is 17.5 Å². The number of carbonyl (C=O) groups is 1. The van der Waals surface area contributed by atoms with E-state index in [9.17, 15) is 18.0 Å². The molecule has 1 fully saturated rings. The number of rotatable bonds is 6. The Kier molecular flexibility index (Phi) is 7.56. The van der Waals surface area contributed by atoms with Crippen molar-refractivity contribution in [3.63, 3.8) is 0 Å². The number of nitrogens with zero attached hydrogens (tertiary/aromatic N) is 3. The lowest BCUT2D eigenvalue weighted by atomic mass is 9.95. The fraction of sp³-hybridized carbons (Fsp3) is 0.346. The predicted octanol–water partition coefficient (Wildman–Crippen LogP) is 4.34. The van der Waals surface area contributed by atoms with Gasteiger partial charge < -0.3 is 20.7 Å². The van der Waals surface area contributed by atoms with Crippen LogP contribution < -0.4 is 16.0 Å². The monoisotopic (exact) mass is 499 g/mol. The van der Waals surface area contributed by atoms with E-state index in [1.54, 1.807) is 36.5 Å². The Labute approximate surface area is 207 Å². The van der Waals surface area contributed by atoms with E-state index in [0.29, 0.717) is 42.3 Å². The van der Waals surface area contributed by atoms with Gasteiger partial charge >= 0.3 is 6.18 Å². The van der Waals surface area contributed by atoms with Gasteiger partial charge in [-0.2, -0.15) is 13.2 Å². The maximum absolute atomic E-state index is 13.2. The van der Waals surface area contributed by atoms with Crippen molar-refractivity contribution in [2.75, 3.05) is 24.6 Å². The van der Waals surface area contributed by atoms with Crippen LogP contribution >= 0.6 is 0 Å². The van der Waals surface area contributed by atoms with Gasteiger partial charge in [-0.3, -0.25) is 4.79 Å². The molecule has 4 rings (SSSR count). The van der Waals surface area contributed by atoms with E-state index in [0.717, 1.165) is 17.7 Å². The molecule has 1 aromatic heterocycles. The fourth-order valence-corrected chi connectivity index (χ4v) is 4.13. The van der Waals surface area contributed by atoms with Gasteiger partial charge in [0.25, 0.3) is 5.91 Å². The number of nitrogens with one attached hydrogen (secondary N) is 1. The number of morpholine rings is 1.